The quantitative estimate of drug-likeness (QED) is 0.246. The molecule has 0 aromatic rings. The summed E-state index contributed by atoms with van der Waals surface area (Å²) in [5, 5.41) is 6.76. The molecule has 0 heterocycles. The second-order valence-electron chi connectivity index (χ2n) is 0.0913. The molecule has 7 nitrogen and oxygen atoms in total. The van der Waals surface area contributed by atoms with Crippen molar-refractivity contribution >= 4 is 6.08 Å². The Hall–Kier alpha value is -1.26. The van der Waals surface area contributed by atoms with E-state index in [-0.39, 0.29) is 20.4 Å². The normalized spacial score (nSPS) is 1.29. The fourth-order valence-electron chi connectivity index (χ4n) is 0. The molecule has 0 spiro atoms. The van der Waals surface area contributed by atoms with Crippen LogP contribution in [0.5, 0.6) is 0 Å². The van der Waals surface area contributed by atoms with Crippen molar-refractivity contribution in [2.24, 2.45) is 0 Å². The first kappa shape index (κ1) is 53.3. The minimum absolute atomic E-state index is 0. The number of isocyanates is 1. The molecule has 73 valence electrons. The van der Waals surface area contributed by atoms with E-state index in [0.29, 0.717) is 6.08 Å². The predicted octanol–water partition coefficient (Wildman–Crippen LogP) is -0.298. The molecule has 0 saturated heterocycles. The van der Waals surface area contributed by atoms with Crippen LogP contribution >= 0.6 is 0 Å². The van der Waals surface area contributed by atoms with Crippen molar-refractivity contribution in [3.63, 3.8) is 0 Å². The zero-order valence-electron chi connectivity index (χ0n) is 6.27. The number of nitrogens with zero attached hydrogens (tertiary/aromatic N) is 1. The molecule has 0 unspecified atom stereocenters. The van der Waals surface area contributed by atoms with Gasteiger partial charge in [-0.25, -0.2) is 0 Å². The molecule has 14 heavy (non-hydrogen) atoms. The van der Waals surface area contributed by atoms with Gasteiger partial charge in [0.2, 0.25) is 0 Å². The first-order valence-electron chi connectivity index (χ1n) is 1.45. The van der Waals surface area contributed by atoms with Gasteiger partial charge in [0.25, 0.3) is 0 Å². The van der Waals surface area contributed by atoms with Gasteiger partial charge in [0.05, 0.1) is 0 Å². The van der Waals surface area contributed by atoms with Crippen molar-refractivity contribution < 1.29 is 48.5 Å². The molecule has 0 amide bonds. The van der Waals surface area contributed by atoms with E-state index in [0.717, 1.165) is 0 Å². The largest absolute Gasteiger partial charge is 0.724 e. The average molecular weight is 368 g/mol. The third-order valence-corrected chi connectivity index (χ3v) is 0. The van der Waals surface area contributed by atoms with E-state index in [1.165, 1.54) is 0 Å². The number of carbonyl (C=O) groups excluding carboxylic acids is 1. The molecule has 0 bridgehead atoms. The van der Waals surface area contributed by atoms with E-state index in [1.807, 2.05) is 0 Å². The van der Waals surface area contributed by atoms with Gasteiger partial charge in [-0.15, -0.1) is 0 Å². The van der Waals surface area contributed by atoms with Gasteiger partial charge in [0, 0.05) is 20.4 Å². The molecule has 0 rings (SSSR count). The van der Waals surface area contributed by atoms with Crippen LogP contribution in [-0.2, 0) is 48.5 Å². The Morgan fingerprint density at radius 3 is 0.714 bits per heavy atom. The molecule has 0 saturated carbocycles. The van der Waals surface area contributed by atoms with E-state index in [9.17, 15) is 0 Å². The van der Waals surface area contributed by atoms with E-state index in [4.69, 9.17) is 33.5 Å². The third-order valence-electron chi connectivity index (χ3n) is 0. The molecule has 0 aromatic carbocycles. The zero-order valence-corrected chi connectivity index (χ0v) is 8.99. The van der Waals surface area contributed by atoms with Gasteiger partial charge >= 0.3 is 56.5 Å². The van der Waals surface area contributed by atoms with Gasteiger partial charge in [-0.1, -0.05) is 0 Å². The van der Waals surface area contributed by atoms with Crippen molar-refractivity contribution in [2.45, 2.75) is 0 Å². The Balaban J connectivity index is -0.00000000838. The molecule has 0 N–H and O–H groups in total. The standard InChI is InChI=1S/CNO.5CO.Re/c2-1-3;5*1-2;/q-1;;;;;;. The minimum Gasteiger partial charge on any atom is -0.724 e. The zero-order chi connectivity index (χ0) is 12.7. The maximum Gasteiger partial charge on any atom is 0 e. The van der Waals surface area contributed by atoms with Gasteiger partial charge in [-0.2, -0.15) is 0 Å². The summed E-state index contributed by atoms with van der Waals surface area (Å²) in [4.78, 5) is 8.24. The van der Waals surface area contributed by atoms with Crippen molar-refractivity contribution in [3.05, 3.63) is 38.7 Å². The summed E-state index contributed by atoms with van der Waals surface area (Å²) in [6, 6.07) is 0. The summed E-state index contributed by atoms with van der Waals surface area (Å²) >= 11 is 0. The van der Waals surface area contributed by atoms with Crippen LogP contribution < -0.4 is 0 Å². The molecular weight excluding hydrogens is 368 g/mol. The number of rotatable bonds is 0. The SMILES string of the molecule is [C-]#[O+].[C-]#[O+].[C-]#[O+].[C-]#[O+].[C-]#[O+].[N-]=C=O.[Re]. The maximum atomic E-state index is 8.24. The fourth-order valence-corrected chi connectivity index (χ4v) is 0. The Morgan fingerprint density at radius 2 is 0.714 bits per heavy atom. The molecule has 0 fully saturated rings. The van der Waals surface area contributed by atoms with Gasteiger partial charge < -0.3 is 5.41 Å². The van der Waals surface area contributed by atoms with Crippen molar-refractivity contribution in [2.75, 3.05) is 0 Å². The van der Waals surface area contributed by atoms with Gasteiger partial charge in [0.1, 0.15) is 0 Å². The molecule has 0 aliphatic heterocycles. The van der Waals surface area contributed by atoms with Crippen LogP contribution in [0.3, 0.4) is 0 Å². The van der Waals surface area contributed by atoms with Crippen LogP contribution in [0, 0.1) is 33.3 Å². The Labute approximate surface area is 93.6 Å². The van der Waals surface area contributed by atoms with Crippen LogP contribution in [0.2, 0.25) is 0 Å². The van der Waals surface area contributed by atoms with Crippen molar-refractivity contribution in [1.29, 1.82) is 0 Å². The predicted molar refractivity (Wildman–Crippen MR) is 28.7 cm³/mol. The van der Waals surface area contributed by atoms with Gasteiger partial charge in [-0.05, 0) is 6.08 Å². The molecule has 8 heteroatoms. The van der Waals surface area contributed by atoms with E-state index < -0.39 is 0 Å². The van der Waals surface area contributed by atoms with E-state index in [1.54, 1.807) is 0 Å². The molecule has 0 aromatic heterocycles. The second kappa shape index (κ2) is 20400. The summed E-state index contributed by atoms with van der Waals surface area (Å²) in [5.41, 5.74) is 0. The smallest absolute Gasteiger partial charge is 0 e. The second-order valence-corrected chi connectivity index (χ2v) is 0.0913. The Kier molecular flexibility index (Phi) is 77700. The summed E-state index contributed by atoms with van der Waals surface area (Å²) < 4.78 is 37.5. The maximum absolute atomic E-state index is 8.24. The molecule has 0 atom stereocenters. The van der Waals surface area contributed by atoms with Gasteiger partial charge in [-0.3, -0.25) is 4.79 Å². The summed E-state index contributed by atoms with van der Waals surface area (Å²) in [6.45, 7) is 22.5. The number of hydrogen-bond acceptors (Lipinski definition) is 1. The van der Waals surface area contributed by atoms with E-state index >= 15 is 0 Å². The van der Waals surface area contributed by atoms with Gasteiger partial charge in [0.15, 0.2) is 0 Å². The first-order chi connectivity index (χ1) is 6.41. The molecule has 1 radical (unpaired) electrons. The Bertz CT molecular complexity index is 138. The number of hydrogen-bond donors (Lipinski definition) is 0. The summed E-state index contributed by atoms with van der Waals surface area (Å²) in [6.07, 6.45) is 0.500. The Morgan fingerprint density at radius 1 is 0.714 bits per heavy atom. The molecular formula is C6NO6Re-. The summed E-state index contributed by atoms with van der Waals surface area (Å²) in [5.74, 6) is 0. The fraction of sp³-hybridized carbons (Fsp3) is 0. The minimum atomic E-state index is 0. The van der Waals surface area contributed by atoms with Crippen LogP contribution in [0.1, 0.15) is 0 Å². The molecule has 0 aliphatic rings. The van der Waals surface area contributed by atoms with Crippen LogP contribution in [0.25, 0.3) is 5.41 Å². The third kappa shape index (κ3) is 645. The van der Waals surface area contributed by atoms with Crippen LogP contribution in [0.4, 0.5) is 0 Å². The summed E-state index contributed by atoms with van der Waals surface area (Å²) in [7, 11) is 0. The topological polar surface area (TPSA) is 139 Å². The average Bonchev–Trinajstić information content (AvgIpc) is 2.32. The first-order valence-corrected chi connectivity index (χ1v) is 1.45. The van der Waals surface area contributed by atoms with Crippen LogP contribution in [-0.4, -0.2) is 6.08 Å². The van der Waals surface area contributed by atoms with Crippen LogP contribution in [0.15, 0.2) is 0 Å². The molecule has 0 aliphatic carbocycles. The van der Waals surface area contributed by atoms with Crippen molar-refractivity contribution in [3.8, 4) is 0 Å². The monoisotopic (exact) mass is 369 g/mol. The van der Waals surface area contributed by atoms with Crippen molar-refractivity contribution in [1.82, 2.24) is 0 Å². The van der Waals surface area contributed by atoms with E-state index in [2.05, 4.69) is 33.3 Å².